The van der Waals surface area contributed by atoms with Crippen LogP contribution in [-0.2, 0) is 0 Å². The summed E-state index contributed by atoms with van der Waals surface area (Å²) in [6.07, 6.45) is 3.92. The van der Waals surface area contributed by atoms with E-state index in [9.17, 15) is 0 Å². The normalized spacial score (nSPS) is 18.6. The summed E-state index contributed by atoms with van der Waals surface area (Å²) >= 11 is 11.9. The van der Waals surface area contributed by atoms with Crippen LogP contribution in [0.1, 0.15) is 30.7 Å². The van der Waals surface area contributed by atoms with Crippen molar-refractivity contribution in [3.8, 4) is 0 Å². The lowest BCUT2D eigenvalue weighted by Gasteiger charge is -2.33. The van der Waals surface area contributed by atoms with Gasteiger partial charge in [-0.3, -0.25) is 0 Å². The molecule has 0 bridgehead atoms. The molecular weight excluding hydrogens is 229 g/mol. The van der Waals surface area contributed by atoms with E-state index < -0.39 is 0 Å². The van der Waals surface area contributed by atoms with E-state index in [1.54, 1.807) is 0 Å². The number of benzene rings is 1. The first-order valence-corrected chi connectivity index (χ1v) is 6.13. The number of rotatable bonds is 3. The van der Waals surface area contributed by atoms with Crippen LogP contribution in [0.25, 0.3) is 0 Å². The van der Waals surface area contributed by atoms with Gasteiger partial charge in [0.15, 0.2) is 0 Å². The SMILES string of the molecule is NCC(c1ccc(Cl)c(Cl)c1)C1CCC1. The van der Waals surface area contributed by atoms with Gasteiger partial charge in [-0.2, -0.15) is 0 Å². The van der Waals surface area contributed by atoms with Crippen molar-refractivity contribution in [3.63, 3.8) is 0 Å². The topological polar surface area (TPSA) is 26.0 Å². The Kier molecular flexibility index (Phi) is 3.55. The molecule has 1 nitrogen and oxygen atoms in total. The Morgan fingerprint density at radius 1 is 1.27 bits per heavy atom. The van der Waals surface area contributed by atoms with Gasteiger partial charge in [-0.25, -0.2) is 0 Å². The van der Waals surface area contributed by atoms with Crippen molar-refractivity contribution >= 4 is 23.2 Å². The number of hydrogen-bond donors (Lipinski definition) is 1. The summed E-state index contributed by atoms with van der Waals surface area (Å²) in [6.45, 7) is 0.697. The van der Waals surface area contributed by atoms with Crippen LogP contribution in [0.4, 0.5) is 0 Å². The molecule has 0 heterocycles. The second-order valence-electron chi connectivity index (χ2n) is 4.21. The quantitative estimate of drug-likeness (QED) is 0.858. The highest BCUT2D eigenvalue weighted by Crippen LogP contribution is 2.39. The lowest BCUT2D eigenvalue weighted by atomic mass is 9.73. The predicted octanol–water partition coefficient (Wildman–Crippen LogP) is 3.84. The van der Waals surface area contributed by atoms with Crippen molar-refractivity contribution in [1.29, 1.82) is 0 Å². The fraction of sp³-hybridized carbons (Fsp3) is 0.500. The first-order chi connectivity index (χ1) is 7.22. The van der Waals surface area contributed by atoms with Gasteiger partial charge in [-0.1, -0.05) is 35.7 Å². The Bertz CT molecular complexity index is 347. The molecule has 1 fully saturated rings. The molecule has 82 valence electrons. The molecule has 1 aromatic carbocycles. The molecule has 15 heavy (non-hydrogen) atoms. The Hall–Kier alpha value is -0.240. The van der Waals surface area contributed by atoms with Crippen molar-refractivity contribution in [2.75, 3.05) is 6.54 Å². The maximum absolute atomic E-state index is 6.01. The highest BCUT2D eigenvalue weighted by atomic mass is 35.5. The molecule has 1 aliphatic rings. The van der Waals surface area contributed by atoms with Gasteiger partial charge in [0.2, 0.25) is 0 Å². The van der Waals surface area contributed by atoms with Crippen molar-refractivity contribution in [1.82, 2.24) is 0 Å². The monoisotopic (exact) mass is 243 g/mol. The van der Waals surface area contributed by atoms with Crippen LogP contribution < -0.4 is 5.73 Å². The molecule has 0 saturated heterocycles. The molecule has 0 radical (unpaired) electrons. The molecule has 2 rings (SSSR count). The third-order valence-corrected chi connectivity index (χ3v) is 4.08. The van der Waals surface area contributed by atoms with Gasteiger partial charge in [-0.05, 0) is 48.9 Å². The minimum atomic E-state index is 0.452. The maximum atomic E-state index is 6.01. The Morgan fingerprint density at radius 3 is 2.47 bits per heavy atom. The Labute approximate surface area is 101 Å². The summed E-state index contributed by atoms with van der Waals surface area (Å²) in [6, 6.07) is 5.87. The molecule has 0 aromatic heterocycles. The number of hydrogen-bond acceptors (Lipinski definition) is 1. The summed E-state index contributed by atoms with van der Waals surface area (Å²) in [5.74, 6) is 1.20. The van der Waals surface area contributed by atoms with Crippen LogP contribution in [0.2, 0.25) is 10.0 Å². The first-order valence-electron chi connectivity index (χ1n) is 5.37. The Balaban J connectivity index is 2.21. The minimum absolute atomic E-state index is 0.452. The largest absolute Gasteiger partial charge is 0.330 e. The fourth-order valence-electron chi connectivity index (χ4n) is 2.19. The van der Waals surface area contributed by atoms with Gasteiger partial charge in [0.1, 0.15) is 0 Å². The second kappa shape index (κ2) is 4.73. The molecular formula is C12H15Cl2N. The zero-order valence-electron chi connectivity index (χ0n) is 8.55. The zero-order valence-corrected chi connectivity index (χ0v) is 10.1. The average Bonchev–Trinajstić information content (AvgIpc) is 2.16. The average molecular weight is 244 g/mol. The third-order valence-electron chi connectivity index (χ3n) is 3.34. The van der Waals surface area contributed by atoms with E-state index >= 15 is 0 Å². The highest BCUT2D eigenvalue weighted by Gasteiger charge is 2.27. The highest BCUT2D eigenvalue weighted by molar-refractivity contribution is 6.42. The van der Waals surface area contributed by atoms with Gasteiger partial charge in [0.05, 0.1) is 10.0 Å². The summed E-state index contributed by atoms with van der Waals surface area (Å²) in [5, 5.41) is 1.25. The van der Waals surface area contributed by atoms with E-state index in [4.69, 9.17) is 28.9 Å². The molecule has 0 spiro atoms. The van der Waals surface area contributed by atoms with Crippen molar-refractivity contribution in [3.05, 3.63) is 33.8 Å². The second-order valence-corrected chi connectivity index (χ2v) is 5.02. The van der Waals surface area contributed by atoms with Crippen LogP contribution in [0.3, 0.4) is 0 Å². The summed E-state index contributed by atoms with van der Waals surface area (Å²) < 4.78 is 0. The molecule has 1 saturated carbocycles. The van der Waals surface area contributed by atoms with Gasteiger partial charge in [-0.15, -0.1) is 0 Å². The van der Waals surface area contributed by atoms with Crippen LogP contribution in [0.5, 0.6) is 0 Å². The lowest BCUT2D eigenvalue weighted by molar-refractivity contribution is 0.264. The van der Waals surface area contributed by atoms with E-state index in [0.717, 1.165) is 5.92 Å². The lowest BCUT2D eigenvalue weighted by Crippen LogP contribution is -2.26. The standard InChI is InChI=1S/C12H15Cl2N/c13-11-5-4-9(6-12(11)14)10(7-15)8-2-1-3-8/h4-6,8,10H,1-3,7,15H2. The summed E-state index contributed by atoms with van der Waals surface area (Å²) in [4.78, 5) is 0. The van der Waals surface area contributed by atoms with Gasteiger partial charge < -0.3 is 5.73 Å². The van der Waals surface area contributed by atoms with Crippen LogP contribution in [-0.4, -0.2) is 6.54 Å². The van der Waals surface area contributed by atoms with E-state index in [0.29, 0.717) is 22.5 Å². The molecule has 1 unspecified atom stereocenters. The van der Waals surface area contributed by atoms with Crippen molar-refractivity contribution in [2.45, 2.75) is 25.2 Å². The molecule has 3 heteroatoms. The van der Waals surface area contributed by atoms with E-state index in [1.165, 1.54) is 24.8 Å². The van der Waals surface area contributed by atoms with Crippen molar-refractivity contribution < 1.29 is 0 Å². The van der Waals surface area contributed by atoms with Crippen LogP contribution in [0, 0.1) is 5.92 Å². The van der Waals surface area contributed by atoms with Crippen LogP contribution >= 0.6 is 23.2 Å². The Morgan fingerprint density at radius 2 is 2.00 bits per heavy atom. The molecule has 1 aliphatic carbocycles. The molecule has 2 N–H and O–H groups in total. The van der Waals surface area contributed by atoms with E-state index in [-0.39, 0.29) is 0 Å². The van der Waals surface area contributed by atoms with Gasteiger partial charge in [0, 0.05) is 0 Å². The van der Waals surface area contributed by atoms with E-state index in [1.807, 2.05) is 18.2 Å². The minimum Gasteiger partial charge on any atom is -0.330 e. The fourth-order valence-corrected chi connectivity index (χ4v) is 2.49. The van der Waals surface area contributed by atoms with Crippen molar-refractivity contribution in [2.24, 2.45) is 11.7 Å². The summed E-state index contributed by atoms with van der Waals surface area (Å²) in [7, 11) is 0. The maximum Gasteiger partial charge on any atom is 0.0595 e. The summed E-state index contributed by atoms with van der Waals surface area (Å²) in [5.41, 5.74) is 7.06. The van der Waals surface area contributed by atoms with Gasteiger partial charge in [0.25, 0.3) is 0 Å². The zero-order chi connectivity index (χ0) is 10.8. The van der Waals surface area contributed by atoms with Gasteiger partial charge >= 0.3 is 0 Å². The molecule has 0 amide bonds. The molecule has 1 atom stereocenters. The predicted molar refractivity (Wildman–Crippen MR) is 65.6 cm³/mol. The van der Waals surface area contributed by atoms with Crippen LogP contribution in [0.15, 0.2) is 18.2 Å². The molecule has 1 aromatic rings. The number of halogens is 2. The van der Waals surface area contributed by atoms with E-state index in [2.05, 4.69) is 0 Å². The molecule has 0 aliphatic heterocycles. The number of nitrogens with two attached hydrogens (primary N) is 1. The first kappa shape index (κ1) is 11.3. The smallest absolute Gasteiger partial charge is 0.0595 e. The third kappa shape index (κ3) is 2.30.